The van der Waals surface area contributed by atoms with Crippen molar-refractivity contribution >= 4 is 27.4 Å². The number of benzene rings is 2. The van der Waals surface area contributed by atoms with Crippen LogP contribution in [0, 0.1) is 17.1 Å². The molecular formula is C23H19BrFN3O3. The number of phenols is 1. The van der Waals surface area contributed by atoms with Gasteiger partial charge in [0.25, 0.3) is 0 Å². The van der Waals surface area contributed by atoms with Crippen molar-refractivity contribution in [2.45, 2.75) is 25.2 Å². The van der Waals surface area contributed by atoms with Crippen LogP contribution in [0.25, 0.3) is 0 Å². The van der Waals surface area contributed by atoms with Crippen LogP contribution in [0.15, 0.2) is 63.5 Å². The van der Waals surface area contributed by atoms with Gasteiger partial charge in [0, 0.05) is 22.2 Å². The van der Waals surface area contributed by atoms with Gasteiger partial charge in [-0.05, 0) is 48.7 Å². The molecule has 1 aliphatic heterocycles. The number of rotatable bonds is 3. The molecule has 3 N–H and O–H groups in total. The lowest BCUT2D eigenvalue weighted by atomic mass is 9.75. The molecule has 158 valence electrons. The molecule has 0 saturated carbocycles. The van der Waals surface area contributed by atoms with E-state index in [0.717, 1.165) is 0 Å². The Labute approximate surface area is 187 Å². The van der Waals surface area contributed by atoms with Crippen molar-refractivity contribution in [2.24, 2.45) is 5.73 Å². The Morgan fingerprint density at radius 3 is 2.71 bits per heavy atom. The first-order chi connectivity index (χ1) is 14.9. The third-order valence-corrected chi connectivity index (χ3v) is 6.09. The highest BCUT2D eigenvalue weighted by molar-refractivity contribution is 9.10. The normalized spacial score (nSPS) is 18.7. The van der Waals surface area contributed by atoms with Crippen LogP contribution in [-0.2, 0) is 4.79 Å². The number of hydrogen-bond acceptors (Lipinski definition) is 6. The Morgan fingerprint density at radius 1 is 1.29 bits per heavy atom. The molecule has 2 aromatic carbocycles. The number of carbonyl (C=O) groups excluding carboxylic acids is 1. The van der Waals surface area contributed by atoms with Crippen molar-refractivity contribution in [2.75, 3.05) is 12.0 Å². The number of ether oxygens (including phenoxy) is 1. The van der Waals surface area contributed by atoms with E-state index in [1.54, 1.807) is 24.3 Å². The zero-order valence-corrected chi connectivity index (χ0v) is 18.2. The first-order valence-corrected chi connectivity index (χ1v) is 10.4. The number of aromatic hydroxyl groups is 1. The zero-order chi connectivity index (χ0) is 22.3. The topological polar surface area (TPSA) is 99.6 Å². The molecule has 1 atom stereocenters. The Hall–Kier alpha value is -3.31. The van der Waals surface area contributed by atoms with Crippen LogP contribution in [0.3, 0.4) is 0 Å². The molecule has 0 fully saturated rings. The molecule has 2 aliphatic rings. The van der Waals surface area contributed by atoms with Gasteiger partial charge in [-0.25, -0.2) is 4.39 Å². The summed E-state index contributed by atoms with van der Waals surface area (Å²) in [5.74, 6) is -1.17. The van der Waals surface area contributed by atoms with E-state index in [-0.39, 0.29) is 34.4 Å². The van der Waals surface area contributed by atoms with Crippen LogP contribution in [-0.4, -0.2) is 18.0 Å². The van der Waals surface area contributed by atoms with Gasteiger partial charge in [-0.3, -0.25) is 9.69 Å². The summed E-state index contributed by atoms with van der Waals surface area (Å²) in [6, 6.07) is 11.4. The average Bonchev–Trinajstić information content (AvgIpc) is 2.74. The fourth-order valence-electron chi connectivity index (χ4n) is 4.24. The van der Waals surface area contributed by atoms with Crippen molar-refractivity contribution in [1.29, 1.82) is 5.26 Å². The smallest absolute Gasteiger partial charge is 0.161 e. The van der Waals surface area contributed by atoms with Gasteiger partial charge in [0.1, 0.15) is 11.6 Å². The molecule has 1 heterocycles. The molecule has 6 nitrogen and oxygen atoms in total. The number of halogens is 2. The maximum atomic E-state index is 14.9. The number of hydrogen-bond donors (Lipinski definition) is 2. The van der Waals surface area contributed by atoms with E-state index in [9.17, 15) is 19.6 Å². The van der Waals surface area contributed by atoms with Crippen LogP contribution >= 0.6 is 15.9 Å². The molecule has 0 bridgehead atoms. The third-order valence-electron chi connectivity index (χ3n) is 5.60. The summed E-state index contributed by atoms with van der Waals surface area (Å²) >= 11 is 3.24. The lowest BCUT2D eigenvalue weighted by Crippen LogP contribution is -2.39. The van der Waals surface area contributed by atoms with E-state index < -0.39 is 11.7 Å². The second-order valence-corrected chi connectivity index (χ2v) is 8.26. The second kappa shape index (κ2) is 8.08. The van der Waals surface area contributed by atoms with E-state index in [2.05, 4.69) is 22.0 Å². The number of allylic oxidation sites excluding steroid dienone is 3. The average molecular weight is 484 g/mol. The highest BCUT2D eigenvalue weighted by atomic mass is 79.9. The summed E-state index contributed by atoms with van der Waals surface area (Å²) in [6.45, 7) is 0. The van der Waals surface area contributed by atoms with Crippen LogP contribution in [0.5, 0.6) is 11.5 Å². The molecule has 0 radical (unpaired) electrons. The largest absolute Gasteiger partial charge is 0.504 e. The molecule has 2 aromatic rings. The van der Waals surface area contributed by atoms with Gasteiger partial charge in [-0.15, -0.1) is 0 Å². The van der Waals surface area contributed by atoms with Gasteiger partial charge in [0.15, 0.2) is 17.3 Å². The molecule has 0 saturated heterocycles. The monoisotopic (exact) mass is 483 g/mol. The number of Topliss-reactive ketones (excluding diaryl/α,β-unsaturated/α-hetero) is 1. The van der Waals surface area contributed by atoms with Crippen molar-refractivity contribution in [3.05, 3.63) is 74.9 Å². The summed E-state index contributed by atoms with van der Waals surface area (Å²) < 4.78 is 20.5. The fourth-order valence-corrected chi connectivity index (χ4v) is 4.58. The minimum atomic E-state index is -0.751. The predicted octanol–water partition coefficient (Wildman–Crippen LogP) is 4.61. The van der Waals surface area contributed by atoms with E-state index in [1.165, 1.54) is 24.1 Å². The van der Waals surface area contributed by atoms with Gasteiger partial charge in [-0.1, -0.05) is 22.0 Å². The first-order valence-electron chi connectivity index (χ1n) is 9.65. The third kappa shape index (κ3) is 3.45. The van der Waals surface area contributed by atoms with Gasteiger partial charge in [0.2, 0.25) is 0 Å². The second-order valence-electron chi connectivity index (χ2n) is 7.34. The number of ketones is 1. The summed E-state index contributed by atoms with van der Waals surface area (Å²) in [5.41, 5.74) is 8.24. The number of nitrogens with two attached hydrogens (primary N) is 1. The Balaban J connectivity index is 1.97. The number of nitrogens with zero attached hydrogens (tertiary/aromatic N) is 2. The molecule has 1 aliphatic carbocycles. The van der Waals surface area contributed by atoms with E-state index in [4.69, 9.17) is 10.5 Å². The standard InChI is InChI=1S/C23H19BrFN3O3/c1-31-20-8-5-12(9-19(20)30)21-14(11-26)23(27)28(16-7-6-13(24)10-15(16)25)17-3-2-4-18(29)22(17)21/h5-10,21,30H,2-4,27H2,1H3/t21-/m1/s1. The van der Waals surface area contributed by atoms with E-state index in [0.29, 0.717) is 40.6 Å². The number of carbonyl (C=O) groups is 1. The Kier molecular flexibility index (Phi) is 5.46. The molecular weight excluding hydrogens is 465 g/mol. The maximum absolute atomic E-state index is 14.9. The van der Waals surface area contributed by atoms with Gasteiger partial charge >= 0.3 is 0 Å². The minimum Gasteiger partial charge on any atom is -0.504 e. The highest BCUT2D eigenvalue weighted by Crippen LogP contribution is 2.47. The van der Waals surface area contributed by atoms with Crippen LogP contribution in [0.4, 0.5) is 10.1 Å². The van der Waals surface area contributed by atoms with Crippen LogP contribution in [0.2, 0.25) is 0 Å². The van der Waals surface area contributed by atoms with Crippen molar-refractivity contribution in [1.82, 2.24) is 0 Å². The molecule has 0 aromatic heterocycles. The van der Waals surface area contributed by atoms with E-state index >= 15 is 0 Å². The van der Waals surface area contributed by atoms with Gasteiger partial charge < -0.3 is 15.6 Å². The van der Waals surface area contributed by atoms with Crippen molar-refractivity contribution < 1.29 is 19.0 Å². The number of anilines is 1. The molecule has 8 heteroatoms. The number of phenolic OH excluding ortho intramolecular Hbond substituents is 1. The van der Waals surface area contributed by atoms with Crippen LogP contribution < -0.4 is 15.4 Å². The molecule has 0 amide bonds. The molecule has 4 rings (SSSR count). The van der Waals surface area contributed by atoms with Crippen LogP contribution in [0.1, 0.15) is 30.7 Å². The molecule has 31 heavy (non-hydrogen) atoms. The summed E-state index contributed by atoms with van der Waals surface area (Å²) in [5, 5.41) is 20.3. The zero-order valence-electron chi connectivity index (χ0n) is 16.7. The SMILES string of the molecule is COc1ccc([C@@H]2C(C#N)=C(N)N(c3ccc(Br)cc3F)C3=C2C(=O)CCC3)cc1O. The predicted molar refractivity (Wildman–Crippen MR) is 117 cm³/mol. The Morgan fingerprint density at radius 2 is 2.06 bits per heavy atom. The highest BCUT2D eigenvalue weighted by Gasteiger charge is 2.41. The van der Waals surface area contributed by atoms with Gasteiger partial charge in [0.05, 0.1) is 30.4 Å². The Bertz CT molecular complexity index is 1200. The summed E-state index contributed by atoms with van der Waals surface area (Å²) in [4.78, 5) is 14.5. The van der Waals surface area contributed by atoms with Gasteiger partial charge in [-0.2, -0.15) is 5.26 Å². The van der Waals surface area contributed by atoms with Crippen molar-refractivity contribution in [3.8, 4) is 17.6 Å². The number of nitriles is 1. The molecule has 0 spiro atoms. The van der Waals surface area contributed by atoms with E-state index in [1.807, 2.05) is 0 Å². The first kappa shape index (κ1) is 20.9. The molecule has 0 unspecified atom stereocenters. The lowest BCUT2D eigenvalue weighted by molar-refractivity contribution is -0.116. The maximum Gasteiger partial charge on any atom is 0.161 e. The fraction of sp³-hybridized carbons (Fsp3) is 0.217. The minimum absolute atomic E-state index is 0.0671. The lowest BCUT2D eigenvalue weighted by Gasteiger charge is -2.39. The van der Waals surface area contributed by atoms with Crippen molar-refractivity contribution in [3.63, 3.8) is 0 Å². The summed E-state index contributed by atoms with van der Waals surface area (Å²) in [6.07, 6.45) is 1.43. The summed E-state index contributed by atoms with van der Waals surface area (Å²) in [7, 11) is 1.43. The quantitative estimate of drug-likeness (QED) is 0.661. The number of methoxy groups -OCH3 is 1.